The maximum Gasteiger partial charge on any atom is 0.192 e. The van der Waals surface area contributed by atoms with Gasteiger partial charge in [-0.1, -0.05) is 53.2 Å². The van der Waals surface area contributed by atoms with Crippen molar-refractivity contribution in [2.75, 3.05) is 6.61 Å². The summed E-state index contributed by atoms with van der Waals surface area (Å²) in [4.78, 5) is 0. The number of fused-ring (bicyclic) bond motifs is 1. The van der Waals surface area contributed by atoms with Crippen LogP contribution in [0.25, 0.3) is 0 Å². The summed E-state index contributed by atoms with van der Waals surface area (Å²) in [6.45, 7) is 19.0. The molecule has 0 aliphatic heterocycles. The molecule has 2 fully saturated rings. The first-order valence-corrected chi connectivity index (χ1v) is 13.3. The van der Waals surface area contributed by atoms with Gasteiger partial charge in [0.15, 0.2) is 8.32 Å². The van der Waals surface area contributed by atoms with Crippen LogP contribution in [0.4, 0.5) is 0 Å². The van der Waals surface area contributed by atoms with Crippen LogP contribution in [0.1, 0.15) is 67.2 Å². The second kappa shape index (κ2) is 7.48. The molecule has 0 aromatic rings. The fourth-order valence-corrected chi connectivity index (χ4v) is 6.57. The standard InChI is InChI=1S/C22H42O2Si/c1-9-12-22(6)13-17-11-10-16(2)18(15-23)20(17)19(14-22)24-25(7,8)21(3,4)5/h9,12,16-20,23H,10-11,13-15H2,1-8H3/b12-9+. The molecular weight excluding hydrogens is 324 g/mol. The Balaban J connectivity index is 2.36. The molecule has 0 aromatic carbocycles. The highest BCUT2D eigenvalue weighted by Crippen LogP contribution is 2.54. The zero-order chi connectivity index (χ0) is 19.0. The van der Waals surface area contributed by atoms with E-state index in [0.717, 1.165) is 6.42 Å². The zero-order valence-corrected chi connectivity index (χ0v) is 18.9. The van der Waals surface area contributed by atoms with Crippen molar-refractivity contribution in [1.29, 1.82) is 0 Å². The molecule has 6 unspecified atom stereocenters. The molecule has 2 aliphatic carbocycles. The smallest absolute Gasteiger partial charge is 0.192 e. The Morgan fingerprint density at radius 1 is 1.20 bits per heavy atom. The summed E-state index contributed by atoms with van der Waals surface area (Å²) in [6, 6.07) is 0. The van der Waals surface area contributed by atoms with Crippen molar-refractivity contribution in [3.8, 4) is 0 Å². The number of aliphatic hydroxyl groups excluding tert-OH is 1. The third kappa shape index (κ3) is 4.41. The average Bonchev–Trinajstić information content (AvgIpc) is 2.46. The third-order valence-electron chi connectivity index (χ3n) is 7.62. The van der Waals surface area contributed by atoms with Gasteiger partial charge in [-0.3, -0.25) is 0 Å². The van der Waals surface area contributed by atoms with E-state index in [2.05, 4.69) is 66.8 Å². The van der Waals surface area contributed by atoms with Gasteiger partial charge < -0.3 is 9.53 Å². The summed E-state index contributed by atoms with van der Waals surface area (Å²) in [5, 5.41) is 10.4. The van der Waals surface area contributed by atoms with Crippen LogP contribution in [-0.2, 0) is 4.43 Å². The highest BCUT2D eigenvalue weighted by molar-refractivity contribution is 6.74. The van der Waals surface area contributed by atoms with Crippen molar-refractivity contribution in [3.05, 3.63) is 12.2 Å². The van der Waals surface area contributed by atoms with Crippen molar-refractivity contribution in [2.45, 2.75) is 91.5 Å². The number of allylic oxidation sites excluding steroid dienone is 2. The Bertz CT molecular complexity index is 479. The molecule has 0 saturated heterocycles. The van der Waals surface area contributed by atoms with Crippen LogP contribution in [0.2, 0.25) is 18.1 Å². The summed E-state index contributed by atoms with van der Waals surface area (Å²) in [5.41, 5.74) is 0.240. The van der Waals surface area contributed by atoms with Crippen LogP contribution < -0.4 is 0 Å². The van der Waals surface area contributed by atoms with Crippen LogP contribution in [0.3, 0.4) is 0 Å². The lowest BCUT2D eigenvalue weighted by Gasteiger charge is -2.55. The predicted octanol–water partition coefficient (Wildman–Crippen LogP) is 6.02. The minimum Gasteiger partial charge on any atom is -0.414 e. The lowest BCUT2D eigenvalue weighted by Crippen LogP contribution is -2.54. The highest BCUT2D eigenvalue weighted by atomic mass is 28.4. The van der Waals surface area contributed by atoms with Gasteiger partial charge in [0.25, 0.3) is 0 Å². The summed E-state index contributed by atoms with van der Waals surface area (Å²) < 4.78 is 7.03. The van der Waals surface area contributed by atoms with Crippen molar-refractivity contribution in [1.82, 2.24) is 0 Å². The largest absolute Gasteiger partial charge is 0.414 e. The summed E-state index contributed by atoms with van der Waals surface area (Å²) in [5.74, 6) is 2.24. The van der Waals surface area contributed by atoms with Crippen LogP contribution in [-0.4, -0.2) is 26.1 Å². The van der Waals surface area contributed by atoms with E-state index in [0.29, 0.717) is 36.4 Å². The molecule has 0 aromatic heterocycles. The summed E-state index contributed by atoms with van der Waals surface area (Å²) >= 11 is 0. The molecule has 2 nitrogen and oxygen atoms in total. The van der Waals surface area contributed by atoms with Crippen LogP contribution in [0.5, 0.6) is 0 Å². The topological polar surface area (TPSA) is 29.5 Å². The molecule has 3 heteroatoms. The average molecular weight is 367 g/mol. The van der Waals surface area contributed by atoms with Crippen molar-refractivity contribution in [2.24, 2.45) is 29.1 Å². The van der Waals surface area contributed by atoms with E-state index in [1.54, 1.807) is 0 Å². The van der Waals surface area contributed by atoms with E-state index in [-0.39, 0.29) is 10.5 Å². The molecule has 0 spiro atoms. The first-order chi connectivity index (χ1) is 11.4. The third-order valence-corrected chi connectivity index (χ3v) is 12.1. The molecule has 0 amide bonds. The lowest BCUT2D eigenvalue weighted by molar-refractivity contribution is -0.0809. The van der Waals surface area contributed by atoms with Crippen molar-refractivity contribution in [3.63, 3.8) is 0 Å². The van der Waals surface area contributed by atoms with Crippen molar-refractivity contribution < 1.29 is 9.53 Å². The van der Waals surface area contributed by atoms with Gasteiger partial charge in [0.05, 0.1) is 0 Å². The summed E-state index contributed by atoms with van der Waals surface area (Å²) in [6.07, 6.45) is 9.84. The number of hydrogen-bond donors (Lipinski definition) is 1. The van der Waals surface area contributed by atoms with E-state index in [1.165, 1.54) is 19.3 Å². The predicted molar refractivity (Wildman–Crippen MR) is 110 cm³/mol. The minimum atomic E-state index is -1.82. The first-order valence-electron chi connectivity index (χ1n) is 10.4. The van der Waals surface area contributed by atoms with Gasteiger partial charge in [0.1, 0.15) is 0 Å². The number of aliphatic hydroxyl groups is 1. The van der Waals surface area contributed by atoms with Gasteiger partial charge in [0, 0.05) is 12.7 Å². The Kier molecular flexibility index (Phi) is 6.34. The Labute approximate surface area is 157 Å². The van der Waals surface area contributed by atoms with Crippen LogP contribution in [0, 0.1) is 29.1 Å². The maximum atomic E-state index is 10.2. The monoisotopic (exact) mass is 366 g/mol. The summed E-state index contributed by atoms with van der Waals surface area (Å²) in [7, 11) is -1.82. The lowest BCUT2D eigenvalue weighted by atomic mass is 9.55. The van der Waals surface area contributed by atoms with Gasteiger partial charge in [0.2, 0.25) is 0 Å². The number of rotatable bonds is 4. The quantitative estimate of drug-likeness (QED) is 0.486. The molecule has 2 aliphatic rings. The van der Waals surface area contributed by atoms with E-state index < -0.39 is 8.32 Å². The molecule has 0 radical (unpaired) electrons. The Morgan fingerprint density at radius 2 is 1.84 bits per heavy atom. The Morgan fingerprint density at radius 3 is 2.36 bits per heavy atom. The van der Waals surface area contributed by atoms with E-state index in [4.69, 9.17) is 4.43 Å². The SMILES string of the molecule is C/C=C/C1(C)CC2CCC(C)C(CO)C2C(O[Si](C)(C)C(C)(C)C)C1. The van der Waals surface area contributed by atoms with Gasteiger partial charge in [-0.15, -0.1) is 0 Å². The molecule has 2 saturated carbocycles. The van der Waals surface area contributed by atoms with Gasteiger partial charge in [-0.2, -0.15) is 0 Å². The van der Waals surface area contributed by atoms with E-state index >= 15 is 0 Å². The van der Waals surface area contributed by atoms with E-state index in [9.17, 15) is 5.11 Å². The fourth-order valence-electron chi connectivity index (χ4n) is 5.22. The molecule has 2 rings (SSSR count). The molecule has 146 valence electrons. The normalized spacial score (nSPS) is 40.3. The molecule has 6 atom stereocenters. The fraction of sp³-hybridized carbons (Fsp3) is 0.909. The van der Waals surface area contributed by atoms with Crippen LogP contribution in [0.15, 0.2) is 12.2 Å². The van der Waals surface area contributed by atoms with Gasteiger partial charge in [-0.05, 0) is 73.4 Å². The highest BCUT2D eigenvalue weighted by Gasteiger charge is 2.51. The van der Waals surface area contributed by atoms with E-state index in [1.807, 2.05) is 0 Å². The number of hydrogen-bond acceptors (Lipinski definition) is 2. The van der Waals surface area contributed by atoms with Crippen molar-refractivity contribution >= 4 is 8.32 Å². The molecule has 1 N–H and O–H groups in total. The molecule has 0 heterocycles. The molecule has 0 bridgehead atoms. The van der Waals surface area contributed by atoms with Gasteiger partial charge >= 0.3 is 0 Å². The van der Waals surface area contributed by atoms with Gasteiger partial charge in [-0.25, -0.2) is 0 Å². The second-order valence-corrected chi connectivity index (χ2v) is 15.5. The first kappa shape index (κ1) is 21.2. The Hall–Kier alpha value is -0.123. The maximum absolute atomic E-state index is 10.2. The van der Waals surface area contributed by atoms with Crippen LogP contribution >= 0.6 is 0 Å². The molecule has 25 heavy (non-hydrogen) atoms. The second-order valence-electron chi connectivity index (χ2n) is 10.7. The molecular formula is C22H42O2Si. The minimum absolute atomic E-state index is 0.228. The zero-order valence-electron chi connectivity index (χ0n) is 17.9.